The van der Waals surface area contributed by atoms with Crippen LogP contribution in [0.25, 0.3) is 21.9 Å². The van der Waals surface area contributed by atoms with Crippen molar-refractivity contribution in [1.29, 1.82) is 0 Å². The van der Waals surface area contributed by atoms with Crippen molar-refractivity contribution in [3.05, 3.63) is 58.1 Å². The molecule has 5 rings (SSSR count). The molecule has 0 spiro atoms. The van der Waals surface area contributed by atoms with Gasteiger partial charge < -0.3 is 19.9 Å². The zero-order valence-electron chi connectivity index (χ0n) is 19.7. The van der Waals surface area contributed by atoms with Gasteiger partial charge in [0, 0.05) is 17.0 Å². The van der Waals surface area contributed by atoms with Crippen LogP contribution in [0.15, 0.2) is 36.7 Å². The van der Waals surface area contributed by atoms with Gasteiger partial charge in [-0.2, -0.15) is 0 Å². The van der Waals surface area contributed by atoms with E-state index in [0.29, 0.717) is 34.7 Å². The van der Waals surface area contributed by atoms with Gasteiger partial charge in [0.05, 0.1) is 39.8 Å². The number of nitrogens with zero attached hydrogens (tertiary/aromatic N) is 4. The lowest BCUT2D eigenvalue weighted by atomic mass is 10.1. The van der Waals surface area contributed by atoms with Crippen LogP contribution in [-0.4, -0.2) is 55.9 Å². The molecule has 2 aromatic heterocycles. The molecular formula is C25H24Cl2N6O3. The first-order chi connectivity index (χ1) is 17.4. The summed E-state index contributed by atoms with van der Waals surface area (Å²) in [5.41, 5.74) is 2.49. The fourth-order valence-electron chi connectivity index (χ4n) is 4.48. The van der Waals surface area contributed by atoms with E-state index in [1.165, 1.54) is 11.2 Å². The molecule has 2 N–H and O–H groups in total. The number of ether oxygens (including phenoxy) is 1. The van der Waals surface area contributed by atoms with Crippen LogP contribution >= 0.6 is 23.2 Å². The topological polar surface area (TPSA) is 113 Å². The summed E-state index contributed by atoms with van der Waals surface area (Å²) in [6.07, 6.45) is 2.72. The average molecular weight is 527 g/mol. The molecule has 1 saturated heterocycles. The van der Waals surface area contributed by atoms with Crippen LogP contribution in [0.5, 0.6) is 0 Å². The molecular weight excluding hydrogens is 503 g/mol. The van der Waals surface area contributed by atoms with Crippen molar-refractivity contribution >= 4 is 62.8 Å². The molecule has 11 heteroatoms. The van der Waals surface area contributed by atoms with E-state index in [1.54, 1.807) is 25.1 Å². The predicted octanol–water partition coefficient (Wildman–Crippen LogP) is 5.15. The van der Waals surface area contributed by atoms with E-state index in [4.69, 9.17) is 27.9 Å². The summed E-state index contributed by atoms with van der Waals surface area (Å²) in [6.45, 7) is 4.43. The van der Waals surface area contributed by atoms with Crippen molar-refractivity contribution in [2.75, 3.05) is 18.5 Å². The first-order valence-corrected chi connectivity index (χ1v) is 12.4. The highest BCUT2D eigenvalue weighted by molar-refractivity contribution is 6.35. The number of H-pyrrole nitrogens is 1. The van der Waals surface area contributed by atoms with Crippen LogP contribution in [0.4, 0.5) is 5.82 Å². The predicted molar refractivity (Wildman–Crippen MR) is 138 cm³/mol. The Morgan fingerprint density at radius 2 is 2.06 bits per heavy atom. The number of nitrogens with one attached hydrogen (secondary N) is 2. The highest BCUT2D eigenvalue weighted by atomic mass is 35.5. The number of likely N-dealkylation sites (tertiary alicyclic amines) is 1. The van der Waals surface area contributed by atoms with Gasteiger partial charge >= 0.3 is 5.97 Å². The van der Waals surface area contributed by atoms with E-state index >= 15 is 0 Å². The van der Waals surface area contributed by atoms with Crippen molar-refractivity contribution in [2.45, 2.75) is 38.8 Å². The molecule has 2 aromatic carbocycles. The maximum Gasteiger partial charge on any atom is 0.328 e. The third kappa shape index (κ3) is 4.56. The number of rotatable bonds is 6. The Morgan fingerprint density at radius 3 is 2.86 bits per heavy atom. The Kier molecular flexibility index (Phi) is 6.68. The number of amides is 1. The maximum absolute atomic E-state index is 13.3. The van der Waals surface area contributed by atoms with Crippen LogP contribution in [0, 0.1) is 0 Å². The Balaban J connectivity index is 1.42. The molecule has 36 heavy (non-hydrogen) atoms. The quantitative estimate of drug-likeness (QED) is 0.333. The van der Waals surface area contributed by atoms with Crippen LogP contribution in [0.1, 0.15) is 48.9 Å². The maximum atomic E-state index is 13.3. The van der Waals surface area contributed by atoms with E-state index in [2.05, 4.69) is 25.3 Å². The van der Waals surface area contributed by atoms with Gasteiger partial charge in [-0.25, -0.2) is 19.7 Å². The molecule has 2 atom stereocenters. The van der Waals surface area contributed by atoms with E-state index in [1.807, 2.05) is 19.1 Å². The van der Waals surface area contributed by atoms with Crippen molar-refractivity contribution in [2.24, 2.45) is 0 Å². The number of aromatic nitrogens is 4. The van der Waals surface area contributed by atoms with Crippen LogP contribution in [0.3, 0.4) is 0 Å². The van der Waals surface area contributed by atoms with Crippen LogP contribution < -0.4 is 5.32 Å². The number of halogens is 2. The Labute approximate surface area is 217 Å². The van der Waals surface area contributed by atoms with Gasteiger partial charge in [-0.05, 0) is 57.0 Å². The third-order valence-electron chi connectivity index (χ3n) is 6.25. The molecule has 0 aliphatic carbocycles. The molecule has 1 aliphatic heterocycles. The number of carbonyl (C=O) groups excluding carboxylic acids is 2. The summed E-state index contributed by atoms with van der Waals surface area (Å²) < 4.78 is 5.15. The SMILES string of the molecule is CCOC(=O)[C@H]1CCCN1C(=O)c1cc2ncnc(NC(C)c3nc4ccc(Cl)cc4[nH]3)c2cc1Cl. The number of anilines is 1. The molecule has 1 amide bonds. The number of esters is 1. The summed E-state index contributed by atoms with van der Waals surface area (Å²) in [7, 11) is 0. The number of carbonyl (C=O) groups is 2. The lowest BCUT2D eigenvalue weighted by Crippen LogP contribution is -2.41. The summed E-state index contributed by atoms with van der Waals surface area (Å²) in [5.74, 6) is 0.559. The number of imidazole rings is 1. The van der Waals surface area contributed by atoms with E-state index in [9.17, 15) is 9.59 Å². The zero-order valence-corrected chi connectivity index (χ0v) is 21.2. The molecule has 1 fully saturated rings. The molecule has 0 saturated carbocycles. The van der Waals surface area contributed by atoms with Gasteiger partial charge in [0.2, 0.25) is 0 Å². The van der Waals surface area contributed by atoms with Crippen molar-refractivity contribution in [3.63, 3.8) is 0 Å². The second-order valence-corrected chi connectivity index (χ2v) is 9.47. The monoisotopic (exact) mass is 526 g/mol. The third-order valence-corrected chi connectivity index (χ3v) is 6.80. The zero-order chi connectivity index (χ0) is 25.4. The first-order valence-electron chi connectivity index (χ1n) is 11.7. The molecule has 0 radical (unpaired) electrons. The minimum atomic E-state index is -0.605. The highest BCUT2D eigenvalue weighted by Crippen LogP contribution is 2.31. The van der Waals surface area contributed by atoms with E-state index < -0.39 is 12.0 Å². The van der Waals surface area contributed by atoms with E-state index in [0.717, 1.165) is 23.3 Å². The molecule has 9 nitrogen and oxygen atoms in total. The lowest BCUT2D eigenvalue weighted by Gasteiger charge is -2.23. The summed E-state index contributed by atoms with van der Waals surface area (Å²) in [5, 5.41) is 4.89. The molecule has 3 heterocycles. The number of fused-ring (bicyclic) bond motifs is 2. The molecule has 186 valence electrons. The Hall–Kier alpha value is -3.43. The smallest absolute Gasteiger partial charge is 0.328 e. The standard InChI is InChI=1S/C25H24Cl2N6O3/c1-3-36-25(35)21-5-4-8-33(21)24(34)15-11-19-16(10-17(15)27)23(29-12-28-19)30-13(2)22-31-18-7-6-14(26)9-20(18)32-22/h6-7,9-13,21H,3-5,8H2,1-2H3,(H,31,32)(H,28,29,30)/t13?,21-/m1/s1. The van der Waals surface area contributed by atoms with Gasteiger partial charge in [-0.15, -0.1) is 0 Å². The van der Waals surface area contributed by atoms with Crippen LogP contribution in [0.2, 0.25) is 10.0 Å². The largest absolute Gasteiger partial charge is 0.464 e. The number of aromatic amines is 1. The van der Waals surface area contributed by atoms with E-state index in [-0.39, 0.29) is 29.1 Å². The second-order valence-electron chi connectivity index (χ2n) is 8.63. The highest BCUT2D eigenvalue weighted by Gasteiger charge is 2.36. The second kappa shape index (κ2) is 9.91. The fraction of sp³-hybridized carbons (Fsp3) is 0.320. The normalized spacial score (nSPS) is 16.4. The molecule has 0 bridgehead atoms. The minimum Gasteiger partial charge on any atom is -0.464 e. The van der Waals surface area contributed by atoms with Gasteiger partial charge in [0.15, 0.2) is 0 Å². The van der Waals surface area contributed by atoms with Gasteiger partial charge in [0.25, 0.3) is 5.91 Å². The summed E-state index contributed by atoms with van der Waals surface area (Å²) in [4.78, 5) is 43.9. The fourth-order valence-corrected chi connectivity index (χ4v) is 4.90. The number of hydrogen-bond donors (Lipinski definition) is 2. The summed E-state index contributed by atoms with van der Waals surface area (Å²) in [6, 6.07) is 7.97. The number of hydrogen-bond acceptors (Lipinski definition) is 7. The average Bonchev–Trinajstić information content (AvgIpc) is 3.51. The summed E-state index contributed by atoms with van der Waals surface area (Å²) >= 11 is 12.7. The van der Waals surface area contributed by atoms with Gasteiger partial charge in [-0.1, -0.05) is 23.2 Å². The van der Waals surface area contributed by atoms with Crippen molar-refractivity contribution < 1.29 is 14.3 Å². The van der Waals surface area contributed by atoms with Crippen molar-refractivity contribution in [3.8, 4) is 0 Å². The molecule has 1 unspecified atom stereocenters. The molecule has 1 aliphatic rings. The van der Waals surface area contributed by atoms with Crippen LogP contribution in [-0.2, 0) is 9.53 Å². The molecule has 4 aromatic rings. The number of benzene rings is 2. The Morgan fingerprint density at radius 1 is 1.22 bits per heavy atom. The van der Waals surface area contributed by atoms with Gasteiger partial charge in [-0.3, -0.25) is 4.79 Å². The first kappa shape index (κ1) is 24.3. The van der Waals surface area contributed by atoms with Crippen molar-refractivity contribution in [1.82, 2.24) is 24.8 Å². The lowest BCUT2D eigenvalue weighted by molar-refractivity contribution is -0.147. The minimum absolute atomic E-state index is 0.218. The Bertz CT molecular complexity index is 1470. The van der Waals surface area contributed by atoms with Gasteiger partial charge in [0.1, 0.15) is 24.0 Å².